The molecular formula is C31H31FN2O4. The van der Waals surface area contributed by atoms with Gasteiger partial charge in [-0.1, -0.05) is 37.6 Å². The lowest BCUT2D eigenvalue weighted by atomic mass is 9.93. The normalized spacial score (nSPS) is 12.6. The number of benzene rings is 3. The molecule has 3 aromatic carbocycles. The van der Waals surface area contributed by atoms with Crippen LogP contribution in [0.2, 0.25) is 0 Å². The second-order valence-corrected chi connectivity index (χ2v) is 9.14. The quantitative estimate of drug-likeness (QED) is 0.228. The van der Waals surface area contributed by atoms with Gasteiger partial charge in [-0.3, -0.25) is 9.59 Å². The van der Waals surface area contributed by atoms with E-state index in [2.05, 4.69) is 17.2 Å². The molecule has 0 fully saturated rings. The molecule has 2 unspecified atom stereocenters. The van der Waals surface area contributed by atoms with Crippen LogP contribution >= 0.6 is 0 Å². The van der Waals surface area contributed by atoms with Crippen molar-refractivity contribution in [3.05, 3.63) is 96.3 Å². The lowest BCUT2D eigenvalue weighted by molar-refractivity contribution is 0.0886. The first-order chi connectivity index (χ1) is 18.4. The fraction of sp³-hybridized carbons (Fsp3) is 0.226. The van der Waals surface area contributed by atoms with Crippen molar-refractivity contribution < 1.29 is 23.5 Å². The molecule has 1 aromatic heterocycles. The van der Waals surface area contributed by atoms with E-state index in [0.717, 1.165) is 17.5 Å². The highest BCUT2D eigenvalue weighted by atomic mass is 19.1. The fourth-order valence-corrected chi connectivity index (χ4v) is 4.67. The van der Waals surface area contributed by atoms with Crippen molar-refractivity contribution in [2.45, 2.75) is 25.8 Å². The van der Waals surface area contributed by atoms with E-state index in [4.69, 9.17) is 4.42 Å². The molecule has 196 valence electrons. The van der Waals surface area contributed by atoms with Crippen LogP contribution in [-0.4, -0.2) is 36.6 Å². The van der Waals surface area contributed by atoms with Crippen LogP contribution in [0.5, 0.6) is 0 Å². The van der Waals surface area contributed by atoms with E-state index in [0.29, 0.717) is 39.8 Å². The van der Waals surface area contributed by atoms with Gasteiger partial charge in [0.15, 0.2) is 0 Å². The third kappa shape index (κ3) is 5.53. The Kier molecular flexibility index (Phi) is 8.38. The van der Waals surface area contributed by atoms with Gasteiger partial charge in [-0.15, -0.1) is 6.58 Å². The highest BCUT2D eigenvalue weighted by molar-refractivity contribution is 6.11. The topological polar surface area (TPSA) is 91.6 Å². The monoisotopic (exact) mass is 514 g/mol. The van der Waals surface area contributed by atoms with Crippen molar-refractivity contribution in [3.8, 4) is 22.5 Å². The zero-order valence-corrected chi connectivity index (χ0v) is 21.5. The minimum Gasteiger partial charge on any atom is -0.455 e. The van der Waals surface area contributed by atoms with Crippen molar-refractivity contribution in [3.63, 3.8) is 0 Å². The van der Waals surface area contributed by atoms with Gasteiger partial charge in [0, 0.05) is 23.6 Å². The van der Waals surface area contributed by atoms with E-state index in [1.165, 1.54) is 12.1 Å². The number of rotatable bonds is 10. The smallest absolute Gasteiger partial charge is 0.255 e. The molecule has 4 aromatic rings. The summed E-state index contributed by atoms with van der Waals surface area (Å²) in [5.41, 5.74) is 3.48. The molecular weight excluding hydrogens is 483 g/mol. The molecule has 1 heterocycles. The summed E-state index contributed by atoms with van der Waals surface area (Å²) < 4.78 is 19.5. The number of furan rings is 1. The Morgan fingerprint density at radius 1 is 1.03 bits per heavy atom. The number of nitrogens with one attached hydrogen (secondary N) is 2. The standard InChI is InChI=1S/C31H31FN2O4/c1-4-7-19(5-2)26(18-35)34-30(36)23-9-6-8-21(16-23)22-12-15-27-25(17-22)28(31(37)33-3)29(38-27)20-10-13-24(32)14-11-20/h4,6,8-17,19,26,35H,1,5,7,18H2,2-3H3,(H,33,37)(H,34,36). The van der Waals surface area contributed by atoms with Gasteiger partial charge >= 0.3 is 0 Å². The maximum absolute atomic E-state index is 13.5. The third-order valence-electron chi connectivity index (χ3n) is 6.78. The molecule has 0 saturated carbocycles. The van der Waals surface area contributed by atoms with E-state index in [1.807, 2.05) is 25.1 Å². The molecule has 2 atom stereocenters. The largest absolute Gasteiger partial charge is 0.455 e. The van der Waals surface area contributed by atoms with Gasteiger partial charge in [-0.2, -0.15) is 0 Å². The van der Waals surface area contributed by atoms with Crippen LogP contribution in [0.25, 0.3) is 33.4 Å². The zero-order valence-electron chi connectivity index (χ0n) is 21.5. The molecule has 0 bridgehead atoms. The average molecular weight is 515 g/mol. The summed E-state index contributed by atoms with van der Waals surface area (Å²) in [5.74, 6) is -0.541. The van der Waals surface area contributed by atoms with Crippen molar-refractivity contribution in [2.24, 2.45) is 5.92 Å². The van der Waals surface area contributed by atoms with Gasteiger partial charge in [0.1, 0.15) is 17.2 Å². The Morgan fingerprint density at radius 3 is 2.39 bits per heavy atom. The highest BCUT2D eigenvalue weighted by Gasteiger charge is 2.23. The molecule has 0 aliphatic heterocycles. The van der Waals surface area contributed by atoms with E-state index in [9.17, 15) is 19.1 Å². The van der Waals surface area contributed by atoms with Crippen LogP contribution in [0.3, 0.4) is 0 Å². The molecule has 0 spiro atoms. The number of allylic oxidation sites excluding steroid dienone is 1. The summed E-state index contributed by atoms with van der Waals surface area (Å²) in [4.78, 5) is 25.9. The minimum absolute atomic E-state index is 0.0894. The fourth-order valence-electron chi connectivity index (χ4n) is 4.67. The lowest BCUT2D eigenvalue weighted by Gasteiger charge is -2.24. The molecule has 2 amide bonds. The summed E-state index contributed by atoms with van der Waals surface area (Å²) in [6.07, 6.45) is 3.29. The minimum atomic E-state index is -0.381. The number of aliphatic hydroxyl groups is 1. The lowest BCUT2D eigenvalue weighted by Crippen LogP contribution is -2.42. The second kappa shape index (κ2) is 11.9. The van der Waals surface area contributed by atoms with Crippen LogP contribution in [0.1, 0.15) is 40.5 Å². The van der Waals surface area contributed by atoms with Crippen LogP contribution < -0.4 is 10.6 Å². The molecule has 3 N–H and O–H groups in total. The Balaban J connectivity index is 1.70. The van der Waals surface area contributed by atoms with E-state index >= 15 is 0 Å². The Bertz CT molecular complexity index is 1460. The van der Waals surface area contributed by atoms with Crippen LogP contribution in [0, 0.1) is 11.7 Å². The van der Waals surface area contributed by atoms with Crippen molar-refractivity contribution in [1.29, 1.82) is 0 Å². The Morgan fingerprint density at radius 2 is 1.74 bits per heavy atom. The van der Waals surface area contributed by atoms with Crippen LogP contribution in [0.15, 0.2) is 83.8 Å². The summed E-state index contributed by atoms with van der Waals surface area (Å²) >= 11 is 0. The van der Waals surface area contributed by atoms with Crippen molar-refractivity contribution in [2.75, 3.05) is 13.7 Å². The first kappa shape index (κ1) is 26.8. The summed E-state index contributed by atoms with van der Waals surface area (Å²) in [6.45, 7) is 5.63. The third-order valence-corrected chi connectivity index (χ3v) is 6.78. The molecule has 0 saturated heterocycles. The molecule has 38 heavy (non-hydrogen) atoms. The van der Waals surface area contributed by atoms with E-state index in [-0.39, 0.29) is 36.2 Å². The summed E-state index contributed by atoms with van der Waals surface area (Å²) in [6, 6.07) is 18.1. The summed E-state index contributed by atoms with van der Waals surface area (Å²) in [7, 11) is 1.54. The molecule has 0 radical (unpaired) electrons. The van der Waals surface area contributed by atoms with Gasteiger partial charge in [0.2, 0.25) is 0 Å². The molecule has 0 aliphatic rings. The summed E-state index contributed by atoms with van der Waals surface area (Å²) in [5, 5.41) is 16.1. The highest BCUT2D eigenvalue weighted by Crippen LogP contribution is 2.36. The maximum Gasteiger partial charge on any atom is 0.255 e. The molecule has 7 heteroatoms. The van der Waals surface area contributed by atoms with E-state index in [1.54, 1.807) is 49.5 Å². The molecule has 4 rings (SSSR count). The van der Waals surface area contributed by atoms with Gasteiger partial charge in [0.25, 0.3) is 11.8 Å². The first-order valence-electron chi connectivity index (χ1n) is 12.6. The predicted molar refractivity (Wildman–Crippen MR) is 147 cm³/mol. The van der Waals surface area contributed by atoms with Gasteiger partial charge < -0.3 is 20.2 Å². The molecule has 0 aliphatic carbocycles. The van der Waals surface area contributed by atoms with Crippen LogP contribution in [0.4, 0.5) is 4.39 Å². The first-order valence-corrected chi connectivity index (χ1v) is 12.6. The Labute approximate surface area is 221 Å². The number of fused-ring (bicyclic) bond motifs is 1. The number of aliphatic hydroxyl groups excluding tert-OH is 1. The number of hydrogen-bond donors (Lipinski definition) is 3. The second-order valence-electron chi connectivity index (χ2n) is 9.14. The van der Waals surface area contributed by atoms with Gasteiger partial charge in [0.05, 0.1) is 18.2 Å². The van der Waals surface area contributed by atoms with E-state index < -0.39 is 0 Å². The van der Waals surface area contributed by atoms with Gasteiger partial charge in [-0.05, 0) is 72.0 Å². The maximum atomic E-state index is 13.5. The predicted octanol–water partition coefficient (Wildman–Crippen LogP) is 5.96. The van der Waals surface area contributed by atoms with Crippen LogP contribution in [-0.2, 0) is 0 Å². The molecule has 6 nitrogen and oxygen atoms in total. The number of amides is 2. The van der Waals surface area contributed by atoms with Crippen molar-refractivity contribution >= 4 is 22.8 Å². The number of carbonyl (C=O) groups excluding carboxylic acids is 2. The van der Waals surface area contributed by atoms with Crippen molar-refractivity contribution in [1.82, 2.24) is 10.6 Å². The van der Waals surface area contributed by atoms with Gasteiger partial charge in [-0.25, -0.2) is 4.39 Å². The number of halogens is 1. The number of carbonyl (C=O) groups is 2. The average Bonchev–Trinajstić information content (AvgIpc) is 3.33. The number of hydrogen-bond acceptors (Lipinski definition) is 4. The zero-order chi connectivity index (χ0) is 27.2. The SMILES string of the molecule is C=CCC(CC)C(CO)NC(=O)c1cccc(-c2ccc3oc(-c4ccc(F)cc4)c(C(=O)NC)c3c2)c1. The Hall–Kier alpha value is -4.23.